The molecule has 132 valence electrons. The topological polar surface area (TPSA) is 66.5 Å². The van der Waals surface area contributed by atoms with Crippen LogP contribution in [0.3, 0.4) is 0 Å². The lowest BCUT2D eigenvalue weighted by Gasteiger charge is -2.16. The van der Waals surface area contributed by atoms with Gasteiger partial charge in [0.15, 0.2) is 0 Å². The monoisotopic (exact) mass is 358 g/mol. The van der Waals surface area contributed by atoms with E-state index in [1.807, 2.05) is 37.3 Å². The highest BCUT2D eigenvalue weighted by Gasteiger charge is 2.27. The maximum atomic E-state index is 12.5. The molecule has 0 aliphatic carbocycles. The second-order valence-electron chi connectivity index (χ2n) is 6.24. The summed E-state index contributed by atoms with van der Waals surface area (Å²) >= 11 is 0. The minimum absolute atomic E-state index is 0.123. The van der Waals surface area contributed by atoms with E-state index in [1.54, 1.807) is 12.1 Å². The highest BCUT2D eigenvalue weighted by atomic mass is 32.2. The zero-order valence-electron chi connectivity index (χ0n) is 14.2. The zero-order chi connectivity index (χ0) is 17.9. The molecule has 0 bridgehead atoms. The van der Waals surface area contributed by atoms with Crippen molar-refractivity contribution in [3.63, 3.8) is 0 Å². The number of hydrogen-bond acceptors (Lipinski definition) is 3. The Hall–Kier alpha value is -2.18. The van der Waals surface area contributed by atoms with Crippen molar-refractivity contribution in [3.8, 4) is 0 Å². The third-order valence-electron chi connectivity index (χ3n) is 4.47. The number of hydrogen-bond donors (Lipinski definition) is 1. The smallest absolute Gasteiger partial charge is 0.251 e. The fourth-order valence-corrected chi connectivity index (χ4v) is 4.48. The molecule has 2 aromatic carbocycles. The molecule has 0 aromatic heterocycles. The molecule has 3 rings (SSSR count). The number of rotatable bonds is 5. The maximum absolute atomic E-state index is 12.5. The lowest BCUT2D eigenvalue weighted by molar-refractivity contribution is 0.0940. The number of carbonyl (C=O) groups excluding carboxylic acids is 1. The van der Waals surface area contributed by atoms with Crippen LogP contribution in [0.5, 0.6) is 0 Å². The molecule has 2 aromatic rings. The molecule has 1 heterocycles. The van der Waals surface area contributed by atoms with Crippen LogP contribution in [0.15, 0.2) is 59.5 Å². The van der Waals surface area contributed by atoms with Gasteiger partial charge < -0.3 is 5.32 Å². The SMILES string of the molecule is C[C@H](NC(=O)c1ccc(S(=O)(=O)N2CCCC2)cc1)c1ccccc1. The van der Waals surface area contributed by atoms with Crippen LogP contribution in [-0.4, -0.2) is 31.7 Å². The third-order valence-corrected chi connectivity index (χ3v) is 6.38. The summed E-state index contributed by atoms with van der Waals surface area (Å²) in [6.45, 7) is 3.05. The van der Waals surface area contributed by atoms with Gasteiger partial charge in [-0.25, -0.2) is 8.42 Å². The van der Waals surface area contributed by atoms with Gasteiger partial charge in [0.25, 0.3) is 5.91 Å². The first-order valence-corrected chi connectivity index (χ1v) is 9.88. The Balaban J connectivity index is 1.70. The van der Waals surface area contributed by atoms with Crippen LogP contribution in [0.1, 0.15) is 41.7 Å². The summed E-state index contributed by atoms with van der Waals surface area (Å²) in [5.41, 5.74) is 1.47. The molecule has 1 atom stereocenters. The summed E-state index contributed by atoms with van der Waals surface area (Å²) in [5, 5.41) is 2.93. The van der Waals surface area contributed by atoms with Gasteiger partial charge >= 0.3 is 0 Å². The summed E-state index contributed by atoms with van der Waals surface area (Å²) < 4.78 is 26.5. The molecule has 0 saturated carbocycles. The molecule has 1 saturated heterocycles. The molecular formula is C19H22N2O3S. The van der Waals surface area contributed by atoms with Crippen molar-refractivity contribution in [2.75, 3.05) is 13.1 Å². The van der Waals surface area contributed by atoms with Crippen LogP contribution >= 0.6 is 0 Å². The van der Waals surface area contributed by atoms with Gasteiger partial charge in [-0.1, -0.05) is 30.3 Å². The van der Waals surface area contributed by atoms with Crippen molar-refractivity contribution >= 4 is 15.9 Å². The minimum Gasteiger partial charge on any atom is -0.346 e. The highest BCUT2D eigenvalue weighted by Crippen LogP contribution is 2.21. The van der Waals surface area contributed by atoms with E-state index in [0.29, 0.717) is 18.7 Å². The second-order valence-corrected chi connectivity index (χ2v) is 8.18. The quantitative estimate of drug-likeness (QED) is 0.894. The normalized spacial score (nSPS) is 16.5. The van der Waals surface area contributed by atoms with Gasteiger partial charge in [0.2, 0.25) is 10.0 Å². The molecule has 6 heteroatoms. The molecule has 1 N–H and O–H groups in total. The van der Waals surface area contributed by atoms with E-state index in [4.69, 9.17) is 0 Å². The fourth-order valence-electron chi connectivity index (χ4n) is 2.96. The van der Waals surface area contributed by atoms with E-state index >= 15 is 0 Å². The van der Waals surface area contributed by atoms with Gasteiger partial charge in [-0.3, -0.25) is 4.79 Å². The van der Waals surface area contributed by atoms with Gasteiger partial charge in [-0.2, -0.15) is 4.31 Å². The largest absolute Gasteiger partial charge is 0.346 e. The molecule has 0 unspecified atom stereocenters. The Kier molecular flexibility index (Phi) is 5.20. The Morgan fingerprint density at radius 2 is 1.60 bits per heavy atom. The van der Waals surface area contributed by atoms with Crippen LogP contribution in [0.25, 0.3) is 0 Å². The van der Waals surface area contributed by atoms with E-state index in [1.165, 1.54) is 16.4 Å². The second kappa shape index (κ2) is 7.37. The van der Waals surface area contributed by atoms with Crippen molar-refractivity contribution in [2.45, 2.75) is 30.7 Å². The average Bonchev–Trinajstić information content (AvgIpc) is 3.18. The first-order chi connectivity index (χ1) is 12.0. The lowest BCUT2D eigenvalue weighted by Crippen LogP contribution is -2.28. The first-order valence-electron chi connectivity index (χ1n) is 8.44. The number of nitrogens with one attached hydrogen (secondary N) is 1. The summed E-state index contributed by atoms with van der Waals surface area (Å²) in [6.07, 6.45) is 1.80. The highest BCUT2D eigenvalue weighted by molar-refractivity contribution is 7.89. The number of sulfonamides is 1. The number of benzene rings is 2. The number of carbonyl (C=O) groups is 1. The van der Waals surface area contributed by atoms with Crippen molar-refractivity contribution in [1.82, 2.24) is 9.62 Å². The average molecular weight is 358 g/mol. The fraction of sp³-hybridized carbons (Fsp3) is 0.316. The van der Waals surface area contributed by atoms with Crippen LogP contribution < -0.4 is 5.32 Å². The predicted octanol–water partition coefficient (Wildman–Crippen LogP) is 2.96. The van der Waals surface area contributed by atoms with E-state index in [0.717, 1.165) is 18.4 Å². The van der Waals surface area contributed by atoms with E-state index < -0.39 is 10.0 Å². The Morgan fingerprint density at radius 1 is 1.00 bits per heavy atom. The van der Waals surface area contributed by atoms with Gasteiger partial charge in [-0.05, 0) is 49.6 Å². The Labute approximate surface area is 148 Å². The molecule has 1 fully saturated rings. The van der Waals surface area contributed by atoms with Crippen LogP contribution in [-0.2, 0) is 10.0 Å². The van der Waals surface area contributed by atoms with Crippen molar-refractivity contribution < 1.29 is 13.2 Å². The summed E-state index contributed by atoms with van der Waals surface area (Å²) in [4.78, 5) is 12.6. The number of nitrogens with zero attached hydrogens (tertiary/aromatic N) is 1. The Morgan fingerprint density at radius 3 is 2.20 bits per heavy atom. The van der Waals surface area contributed by atoms with Crippen LogP contribution in [0, 0.1) is 0 Å². The van der Waals surface area contributed by atoms with Crippen LogP contribution in [0.4, 0.5) is 0 Å². The zero-order valence-corrected chi connectivity index (χ0v) is 15.0. The molecular weight excluding hydrogens is 336 g/mol. The van der Waals surface area contributed by atoms with E-state index in [2.05, 4.69) is 5.32 Å². The van der Waals surface area contributed by atoms with Gasteiger partial charge in [0.05, 0.1) is 10.9 Å². The molecule has 1 amide bonds. The molecule has 1 aliphatic heterocycles. The van der Waals surface area contributed by atoms with Crippen LogP contribution in [0.2, 0.25) is 0 Å². The molecule has 1 aliphatic rings. The molecule has 5 nitrogen and oxygen atoms in total. The van der Waals surface area contributed by atoms with Gasteiger partial charge in [0, 0.05) is 18.7 Å². The van der Waals surface area contributed by atoms with E-state index in [9.17, 15) is 13.2 Å². The third kappa shape index (κ3) is 3.91. The molecule has 0 radical (unpaired) electrons. The summed E-state index contributed by atoms with van der Waals surface area (Å²) in [5.74, 6) is -0.221. The number of amides is 1. The van der Waals surface area contributed by atoms with Gasteiger partial charge in [0.1, 0.15) is 0 Å². The van der Waals surface area contributed by atoms with E-state index in [-0.39, 0.29) is 16.8 Å². The predicted molar refractivity (Wildman–Crippen MR) is 96.8 cm³/mol. The maximum Gasteiger partial charge on any atom is 0.251 e. The van der Waals surface area contributed by atoms with Crippen molar-refractivity contribution in [1.29, 1.82) is 0 Å². The van der Waals surface area contributed by atoms with Crippen molar-refractivity contribution in [3.05, 3.63) is 65.7 Å². The summed E-state index contributed by atoms with van der Waals surface area (Å²) in [7, 11) is -3.45. The molecule has 25 heavy (non-hydrogen) atoms. The van der Waals surface area contributed by atoms with Crippen molar-refractivity contribution in [2.24, 2.45) is 0 Å². The molecule has 0 spiro atoms. The lowest BCUT2D eigenvalue weighted by atomic mass is 10.1. The Bertz CT molecular complexity index is 827. The standard InChI is InChI=1S/C19H22N2O3S/c1-15(16-7-3-2-4-8-16)20-19(22)17-9-11-18(12-10-17)25(23,24)21-13-5-6-14-21/h2-4,7-12,15H,5-6,13-14H2,1H3,(H,20,22)/t15-/m0/s1. The van der Waals surface area contributed by atoms with Gasteiger partial charge in [-0.15, -0.1) is 0 Å². The summed E-state index contributed by atoms with van der Waals surface area (Å²) in [6, 6.07) is 15.7. The minimum atomic E-state index is -3.45. The first kappa shape index (κ1) is 17.6.